The molecule has 1 aliphatic rings. The van der Waals surface area contributed by atoms with Crippen molar-refractivity contribution in [1.29, 1.82) is 0 Å². The third kappa shape index (κ3) is 5.32. The number of hydrogen-bond donors (Lipinski definition) is 0. The first kappa shape index (κ1) is 25.0. The number of rotatable bonds is 6. The van der Waals surface area contributed by atoms with Crippen molar-refractivity contribution in [3.63, 3.8) is 0 Å². The standard InChI is InChI=1S/C24H29N2.Au.HI.H2/c1-6-15-25-17-26(16-23(25)20-11-8-7-9-12-20)24-21(18(2)3)13-10-14-22(24)19(4)5;;;/h6-14,18-19H,1,15,17H2,2-5H3;;2*1H/q;+1;;/p-1. The zero-order valence-electron chi connectivity index (χ0n) is 17.0. The van der Waals surface area contributed by atoms with E-state index in [1.165, 1.54) is 22.4 Å². The minimum absolute atomic E-state index is 0. The van der Waals surface area contributed by atoms with E-state index in [9.17, 15) is 0 Å². The molecule has 2 aromatic rings. The van der Waals surface area contributed by atoms with Crippen LogP contribution in [0.2, 0.25) is 0 Å². The van der Waals surface area contributed by atoms with Crippen molar-refractivity contribution in [2.24, 2.45) is 0 Å². The monoisotopic (exact) mass is 671 g/mol. The molecule has 0 aromatic heterocycles. The Labute approximate surface area is 204 Å². The Morgan fingerprint density at radius 1 is 1.00 bits per heavy atom. The van der Waals surface area contributed by atoms with Gasteiger partial charge < -0.3 is 33.8 Å². The summed E-state index contributed by atoms with van der Waals surface area (Å²) < 4.78 is 0. The first-order chi connectivity index (χ1) is 12.5. The van der Waals surface area contributed by atoms with Crippen LogP contribution in [-0.4, -0.2) is 18.1 Å². The summed E-state index contributed by atoms with van der Waals surface area (Å²) in [5.41, 5.74) is 6.43. The Morgan fingerprint density at radius 2 is 1.57 bits per heavy atom. The Bertz CT molecular complexity index is 780. The number of nitrogens with zero attached hydrogens (tertiary/aromatic N) is 2. The minimum atomic E-state index is 0. The van der Waals surface area contributed by atoms with E-state index in [-0.39, 0.29) is 47.8 Å². The van der Waals surface area contributed by atoms with Gasteiger partial charge in [-0.15, -0.1) is 6.58 Å². The second-order valence-electron chi connectivity index (χ2n) is 7.50. The van der Waals surface area contributed by atoms with Gasteiger partial charge in [0.1, 0.15) is 0 Å². The summed E-state index contributed by atoms with van der Waals surface area (Å²) in [6, 6.07) is 17.2. The van der Waals surface area contributed by atoms with Crippen LogP contribution in [-0.2, 0) is 22.4 Å². The first-order valence-corrected chi connectivity index (χ1v) is 9.48. The van der Waals surface area contributed by atoms with Crippen molar-refractivity contribution in [3.8, 4) is 0 Å². The fraction of sp³-hybridized carbons (Fsp3) is 0.333. The molecule has 1 aliphatic heterocycles. The van der Waals surface area contributed by atoms with Crippen molar-refractivity contribution in [2.45, 2.75) is 39.5 Å². The summed E-state index contributed by atoms with van der Waals surface area (Å²) in [7, 11) is 0. The van der Waals surface area contributed by atoms with Gasteiger partial charge in [0.15, 0.2) is 0 Å². The molecule has 0 aliphatic carbocycles. The summed E-state index contributed by atoms with van der Waals surface area (Å²) in [6.45, 7) is 14.6. The number of para-hydroxylation sites is 1. The average Bonchev–Trinajstić information content (AvgIpc) is 3.05. The van der Waals surface area contributed by atoms with Crippen LogP contribution < -0.4 is 28.9 Å². The van der Waals surface area contributed by atoms with Crippen molar-refractivity contribution >= 4 is 11.4 Å². The van der Waals surface area contributed by atoms with Crippen LogP contribution in [0.4, 0.5) is 5.69 Å². The van der Waals surface area contributed by atoms with Gasteiger partial charge in [0.2, 0.25) is 0 Å². The predicted molar refractivity (Wildman–Crippen MR) is 114 cm³/mol. The maximum Gasteiger partial charge on any atom is 1.00 e. The van der Waals surface area contributed by atoms with Crippen LogP contribution in [0.1, 0.15) is 57.6 Å². The molecule has 0 saturated heterocycles. The van der Waals surface area contributed by atoms with E-state index >= 15 is 0 Å². The number of anilines is 1. The van der Waals surface area contributed by atoms with Gasteiger partial charge in [-0.25, -0.2) is 0 Å². The zero-order valence-corrected chi connectivity index (χ0v) is 21.4. The van der Waals surface area contributed by atoms with Gasteiger partial charge in [0.25, 0.3) is 0 Å². The van der Waals surface area contributed by atoms with E-state index in [1.807, 2.05) is 6.08 Å². The molecule has 0 unspecified atom stereocenters. The normalized spacial score (nSPS) is 13.3. The molecule has 0 spiro atoms. The molecular weight excluding hydrogens is 640 g/mol. The number of hydrogen-bond acceptors (Lipinski definition) is 2. The second kappa shape index (κ2) is 11.2. The van der Waals surface area contributed by atoms with E-state index < -0.39 is 0 Å². The molecule has 28 heavy (non-hydrogen) atoms. The molecule has 2 nitrogen and oxygen atoms in total. The van der Waals surface area contributed by atoms with Crippen LogP contribution in [0.15, 0.2) is 61.2 Å². The van der Waals surface area contributed by atoms with Gasteiger partial charge in [-0.3, -0.25) is 0 Å². The van der Waals surface area contributed by atoms with Crippen molar-refractivity contribution < 1.29 is 47.8 Å². The molecule has 0 atom stereocenters. The molecule has 1 heterocycles. The Kier molecular flexibility index (Phi) is 10.1. The summed E-state index contributed by atoms with van der Waals surface area (Å²) >= 11 is 0. The average molecular weight is 671 g/mol. The second-order valence-corrected chi connectivity index (χ2v) is 7.50. The topological polar surface area (TPSA) is 6.48 Å². The van der Waals surface area contributed by atoms with Gasteiger partial charge in [-0.2, -0.15) is 0 Å². The SMILES string of the molecule is C=CCN1CN(c2c(C(C)C)cccc2C(C)C)[C]=C1c1ccccc1.[Au+].[HH].[I-]. The molecule has 0 amide bonds. The van der Waals surface area contributed by atoms with E-state index in [0.717, 1.165) is 18.9 Å². The van der Waals surface area contributed by atoms with Crippen molar-refractivity contribution in [3.05, 3.63) is 84.1 Å². The fourth-order valence-electron chi connectivity index (χ4n) is 3.57. The van der Waals surface area contributed by atoms with E-state index in [2.05, 4.69) is 98.8 Å². The van der Waals surface area contributed by atoms with Crippen LogP contribution >= 0.6 is 0 Å². The quantitative estimate of drug-likeness (QED) is 0.265. The molecular formula is C24H31AuIN2. The van der Waals surface area contributed by atoms with Crippen LogP contribution in [0.25, 0.3) is 5.70 Å². The summed E-state index contributed by atoms with van der Waals surface area (Å²) in [5, 5.41) is 0. The maximum atomic E-state index is 3.94. The summed E-state index contributed by atoms with van der Waals surface area (Å²) in [5.74, 6) is 0.943. The molecule has 4 heteroatoms. The number of benzene rings is 2. The summed E-state index contributed by atoms with van der Waals surface area (Å²) in [6.07, 6.45) is 5.64. The van der Waals surface area contributed by atoms with Gasteiger partial charge in [0, 0.05) is 19.2 Å². The van der Waals surface area contributed by atoms with Gasteiger partial charge >= 0.3 is 22.4 Å². The van der Waals surface area contributed by atoms with Crippen molar-refractivity contribution in [1.82, 2.24) is 4.90 Å². The number of halogens is 1. The molecule has 0 fully saturated rings. The third-order valence-corrected chi connectivity index (χ3v) is 4.88. The molecule has 1 radical (unpaired) electrons. The van der Waals surface area contributed by atoms with E-state index in [4.69, 9.17) is 0 Å². The van der Waals surface area contributed by atoms with Crippen molar-refractivity contribution in [2.75, 3.05) is 18.1 Å². The van der Waals surface area contributed by atoms with Gasteiger partial charge in [0.05, 0.1) is 18.6 Å². The van der Waals surface area contributed by atoms with E-state index in [0.29, 0.717) is 11.8 Å². The Hall–Kier alpha value is -1.01. The van der Waals surface area contributed by atoms with Crippen LogP contribution in [0, 0.1) is 6.20 Å². The van der Waals surface area contributed by atoms with Gasteiger partial charge in [-0.1, -0.05) is 82.3 Å². The molecule has 155 valence electrons. The first-order valence-electron chi connectivity index (χ1n) is 9.48. The molecule has 0 saturated carbocycles. The largest absolute Gasteiger partial charge is 1.00 e. The van der Waals surface area contributed by atoms with Crippen LogP contribution in [0.5, 0.6) is 0 Å². The van der Waals surface area contributed by atoms with E-state index in [1.54, 1.807) is 0 Å². The fourth-order valence-corrected chi connectivity index (χ4v) is 3.57. The Balaban J connectivity index is 0.00000261. The zero-order chi connectivity index (χ0) is 18.7. The maximum absolute atomic E-state index is 3.94. The molecule has 2 aromatic carbocycles. The third-order valence-electron chi connectivity index (χ3n) is 4.88. The minimum Gasteiger partial charge on any atom is -1.00 e. The Morgan fingerprint density at radius 3 is 2.07 bits per heavy atom. The van der Waals surface area contributed by atoms with Crippen LogP contribution in [0.3, 0.4) is 0 Å². The summed E-state index contributed by atoms with van der Waals surface area (Å²) in [4.78, 5) is 4.64. The predicted octanol–water partition coefficient (Wildman–Crippen LogP) is 3.25. The molecule has 3 rings (SSSR count). The molecule has 0 bridgehead atoms. The molecule has 0 N–H and O–H groups in total. The smallest absolute Gasteiger partial charge is 1.00 e. The van der Waals surface area contributed by atoms with Gasteiger partial charge in [-0.05, 0) is 23.0 Å².